The van der Waals surface area contributed by atoms with Crippen molar-refractivity contribution >= 4 is 15.7 Å². The van der Waals surface area contributed by atoms with E-state index in [0.717, 1.165) is 6.07 Å². The predicted octanol–water partition coefficient (Wildman–Crippen LogP) is 0.719. The third-order valence-corrected chi connectivity index (χ3v) is 4.18. The molecule has 9 heteroatoms. The van der Waals surface area contributed by atoms with E-state index >= 15 is 0 Å². The van der Waals surface area contributed by atoms with Gasteiger partial charge in [-0.05, 0) is 18.6 Å². The van der Waals surface area contributed by atoms with Crippen molar-refractivity contribution in [2.45, 2.75) is 17.9 Å². The van der Waals surface area contributed by atoms with E-state index in [1.165, 1.54) is 6.92 Å². The number of nitro benzene ring substituents is 1. The Balaban J connectivity index is 2.41. The summed E-state index contributed by atoms with van der Waals surface area (Å²) in [4.78, 5) is 9.39. The van der Waals surface area contributed by atoms with Crippen LogP contribution in [0.2, 0.25) is 0 Å². The molecule has 104 valence electrons. The Kier molecular flexibility index (Phi) is 3.52. The molecule has 19 heavy (non-hydrogen) atoms. The smallest absolute Gasteiger partial charge is 0.306 e. The van der Waals surface area contributed by atoms with Crippen LogP contribution in [0.1, 0.15) is 5.56 Å². The Morgan fingerprint density at radius 3 is 2.58 bits per heavy atom. The second-order valence-corrected chi connectivity index (χ2v) is 5.90. The van der Waals surface area contributed by atoms with Crippen molar-refractivity contribution in [1.29, 1.82) is 0 Å². The molecule has 0 bridgehead atoms. The van der Waals surface area contributed by atoms with Crippen LogP contribution >= 0.6 is 0 Å². The molecule has 0 aliphatic carbocycles. The number of nitrogens with one attached hydrogen (secondary N) is 1. The van der Waals surface area contributed by atoms with E-state index in [-0.39, 0.29) is 29.7 Å². The lowest BCUT2D eigenvalue weighted by Crippen LogP contribution is -2.48. The number of nitro groups is 1. The van der Waals surface area contributed by atoms with Gasteiger partial charge in [-0.25, -0.2) is 13.1 Å². The van der Waals surface area contributed by atoms with Crippen LogP contribution in [0.3, 0.4) is 0 Å². The zero-order chi connectivity index (χ0) is 14.2. The molecule has 1 saturated heterocycles. The number of rotatable bonds is 4. The molecule has 1 heterocycles. The lowest BCUT2D eigenvalue weighted by molar-refractivity contribution is -0.387. The molecule has 1 aromatic rings. The Morgan fingerprint density at radius 1 is 1.47 bits per heavy atom. The highest BCUT2D eigenvalue weighted by atomic mass is 32.2. The van der Waals surface area contributed by atoms with Crippen LogP contribution in [-0.4, -0.2) is 32.6 Å². The largest absolute Gasteiger partial charge is 0.378 e. The van der Waals surface area contributed by atoms with Gasteiger partial charge < -0.3 is 4.74 Å². The van der Waals surface area contributed by atoms with Gasteiger partial charge in [-0.3, -0.25) is 10.1 Å². The Labute approximate surface area is 108 Å². The number of benzene rings is 1. The van der Waals surface area contributed by atoms with E-state index in [0.29, 0.717) is 6.07 Å². The minimum absolute atomic E-state index is 0.0977. The highest BCUT2D eigenvalue weighted by molar-refractivity contribution is 7.89. The third kappa shape index (κ3) is 2.72. The van der Waals surface area contributed by atoms with Crippen molar-refractivity contribution in [2.24, 2.45) is 0 Å². The van der Waals surface area contributed by atoms with Gasteiger partial charge in [-0.2, -0.15) is 4.39 Å². The van der Waals surface area contributed by atoms with Gasteiger partial charge in [0, 0.05) is 6.07 Å². The molecule has 1 fully saturated rings. The number of ether oxygens (including phenoxy) is 1. The van der Waals surface area contributed by atoms with E-state index in [4.69, 9.17) is 4.74 Å². The topological polar surface area (TPSA) is 98.5 Å². The number of aryl methyl sites for hydroxylation is 1. The van der Waals surface area contributed by atoms with Crippen molar-refractivity contribution in [3.63, 3.8) is 0 Å². The summed E-state index contributed by atoms with van der Waals surface area (Å²) in [6.07, 6.45) is 0. The lowest BCUT2D eigenvalue weighted by atomic mass is 10.2. The summed E-state index contributed by atoms with van der Waals surface area (Å²) in [5.41, 5.74) is -0.954. The maximum absolute atomic E-state index is 13.5. The van der Waals surface area contributed by atoms with E-state index in [9.17, 15) is 22.9 Å². The van der Waals surface area contributed by atoms with Gasteiger partial charge in [0.15, 0.2) is 0 Å². The van der Waals surface area contributed by atoms with E-state index < -0.39 is 26.5 Å². The first-order chi connectivity index (χ1) is 8.81. The fourth-order valence-corrected chi connectivity index (χ4v) is 2.91. The van der Waals surface area contributed by atoms with Crippen LogP contribution in [-0.2, 0) is 14.8 Å². The average molecular weight is 290 g/mol. The van der Waals surface area contributed by atoms with Gasteiger partial charge in [0.25, 0.3) is 0 Å². The van der Waals surface area contributed by atoms with E-state index in [1.807, 2.05) is 0 Å². The molecule has 0 spiro atoms. The summed E-state index contributed by atoms with van der Waals surface area (Å²) in [5.74, 6) is -1.03. The maximum atomic E-state index is 13.5. The summed E-state index contributed by atoms with van der Waals surface area (Å²) in [5, 5.41) is 10.7. The minimum atomic E-state index is -3.92. The van der Waals surface area contributed by atoms with Gasteiger partial charge in [0.05, 0.1) is 29.1 Å². The minimum Gasteiger partial charge on any atom is -0.378 e. The van der Waals surface area contributed by atoms with E-state index in [1.54, 1.807) is 0 Å². The number of hydrogen-bond acceptors (Lipinski definition) is 5. The number of nitrogens with zero attached hydrogens (tertiary/aromatic N) is 1. The number of hydrogen-bond donors (Lipinski definition) is 1. The first-order valence-electron chi connectivity index (χ1n) is 5.36. The van der Waals surface area contributed by atoms with E-state index in [2.05, 4.69) is 4.72 Å². The first-order valence-corrected chi connectivity index (χ1v) is 6.84. The zero-order valence-electron chi connectivity index (χ0n) is 9.92. The highest BCUT2D eigenvalue weighted by Gasteiger charge is 2.28. The average Bonchev–Trinajstić information content (AvgIpc) is 2.26. The van der Waals surface area contributed by atoms with Gasteiger partial charge >= 0.3 is 5.69 Å². The number of halogens is 1. The molecule has 1 aliphatic heterocycles. The molecule has 0 unspecified atom stereocenters. The fraction of sp³-hybridized carbons (Fsp3) is 0.400. The summed E-state index contributed by atoms with van der Waals surface area (Å²) >= 11 is 0. The summed E-state index contributed by atoms with van der Waals surface area (Å²) in [6, 6.07) is 1.42. The molecular formula is C10H11FN2O5S. The van der Waals surface area contributed by atoms with Crippen LogP contribution in [0.4, 0.5) is 10.1 Å². The van der Waals surface area contributed by atoms with Gasteiger partial charge in [-0.1, -0.05) is 0 Å². The lowest BCUT2D eigenvalue weighted by Gasteiger charge is -2.26. The summed E-state index contributed by atoms with van der Waals surface area (Å²) in [7, 11) is -3.92. The SMILES string of the molecule is Cc1cc(S(=O)(=O)NC2COC2)cc([N+](=O)[O-])c1F. The molecule has 0 aromatic heterocycles. The fourth-order valence-electron chi connectivity index (χ4n) is 1.60. The monoisotopic (exact) mass is 290 g/mol. The molecule has 1 aliphatic rings. The normalized spacial score (nSPS) is 16.1. The van der Waals surface area contributed by atoms with Crippen molar-refractivity contribution in [1.82, 2.24) is 4.72 Å². The third-order valence-electron chi connectivity index (χ3n) is 2.68. The molecule has 2 rings (SSSR count). The van der Waals surface area contributed by atoms with Crippen LogP contribution in [0.15, 0.2) is 17.0 Å². The van der Waals surface area contributed by atoms with Crippen molar-refractivity contribution in [2.75, 3.05) is 13.2 Å². The standard InChI is InChI=1S/C10H11FN2O5S/c1-6-2-8(3-9(10(6)11)13(14)15)19(16,17)12-7-4-18-5-7/h2-3,7,12H,4-5H2,1H3. The van der Waals surface area contributed by atoms with Gasteiger partial charge in [-0.15, -0.1) is 0 Å². The molecule has 0 amide bonds. The highest BCUT2D eigenvalue weighted by Crippen LogP contribution is 2.25. The Bertz CT molecular complexity index is 627. The second kappa shape index (κ2) is 4.83. The molecule has 0 saturated carbocycles. The molecule has 7 nitrogen and oxygen atoms in total. The van der Waals surface area contributed by atoms with Gasteiger partial charge in [0.2, 0.25) is 15.8 Å². The first kappa shape index (κ1) is 13.8. The molecule has 1 aromatic carbocycles. The maximum Gasteiger partial charge on any atom is 0.306 e. The molecule has 0 radical (unpaired) electrons. The van der Waals surface area contributed by atoms with Crippen LogP contribution in [0, 0.1) is 22.9 Å². The second-order valence-electron chi connectivity index (χ2n) is 4.19. The molecular weight excluding hydrogens is 279 g/mol. The van der Waals surface area contributed by atoms with Crippen LogP contribution < -0.4 is 4.72 Å². The van der Waals surface area contributed by atoms with Crippen molar-refractivity contribution in [3.05, 3.63) is 33.6 Å². The summed E-state index contributed by atoms with van der Waals surface area (Å²) in [6.45, 7) is 1.77. The summed E-state index contributed by atoms with van der Waals surface area (Å²) < 4.78 is 44.6. The molecule has 0 atom stereocenters. The van der Waals surface area contributed by atoms with Crippen LogP contribution in [0.5, 0.6) is 0 Å². The predicted molar refractivity (Wildman–Crippen MR) is 62.7 cm³/mol. The van der Waals surface area contributed by atoms with Crippen molar-refractivity contribution in [3.8, 4) is 0 Å². The Hall–Kier alpha value is -1.58. The van der Waals surface area contributed by atoms with Crippen molar-refractivity contribution < 1.29 is 22.5 Å². The zero-order valence-corrected chi connectivity index (χ0v) is 10.7. The Morgan fingerprint density at radius 2 is 2.11 bits per heavy atom. The quantitative estimate of drug-likeness (QED) is 0.650. The number of sulfonamides is 1. The van der Waals surface area contributed by atoms with Crippen LogP contribution in [0.25, 0.3) is 0 Å². The van der Waals surface area contributed by atoms with Gasteiger partial charge in [0.1, 0.15) is 0 Å². The molecule has 1 N–H and O–H groups in total.